The molecular weight excluding hydrogens is 319 g/mol. The van der Waals surface area contributed by atoms with Crippen molar-refractivity contribution in [2.45, 2.75) is 33.0 Å². The summed E-state index contributed by atoms with van der Waals surface area (Å²) < 4.78 is 2.07. The molecule has 2 rings (SSSR count). The first-order valence-electron chi connectivity index (χ1n) is 7.18. The molecule has 1 aromatic carbocycles. The third-order valence-electron chi connectivity index (χ3n) is 3.33. The molecule has 0 spiro atoms. The van der Waals surface area contributed by atoms with Gasteiger partial charge in [0.05, 0.1) is 5.69 Å². The van der Waals surface area contributed by atoms with Crippen molar-refractivity contribution in [1.82, 2.24) is 15.1 Å². The van der Waals surface area contributed by atoms with E-state index in [4.69, 9.17) is 0 Å². The van der Waals surface area contributed by atoms with Gasteiger partial charge in [-0.25, -0.2) is 0 Å². The molecule has 0 radical (unpaired) electrons. The van der Waals surface area contributed by atoms with Crippen molar-refractivity contribution in [2.24, 2.45) is 0 Å². The van der Waals surface area contributed by atoms with E-state index in [-0.39, 0.29) is 24.8 Å². The Morgan fingerprint density at radius 3 is 2.32 bits per heavy atom. The molecule has 0 unspecified atom stereocenters. The Hall–Kier alpha value is -1.23. The first-order chi connectivity index (χ1) is 9.70. The Labute approximate surface area is 145 Å². The molecule has 0 aliphatic carbocycles. The van der Waals surface area contributed by atoms with Crippen molar-refractivity contribution in [3.05, 3.63) is 47.8 Å². The summed E-state index contributed by atoms with van der Waals surface area (Å²) in [5, 5.41) is 7.81. The highest BCUT2D eigenvalue weighted by atomic mass is 35.5. The van der Waals surface area contributed by atoms with Gasteiger partial charge in [0, 0.05) is 45.6 Å². The van der Waals surface area contributed by atoms with E-state index in [1.165, 1.54) is 16.9 Å². The maximum Gasteiger partial charge on any atom is 0.0522 e. The zero-order chi connectivity index (χ0) is 14.4. The standard InChI is InChI=1S/C16H24N4.2ClH/c1-4-11-20-16(9-10-18-20)13-17-12-14-5-7-15(8-6-14)19(2)3;;/h5-10,17H,4,11-13H2,1-3H3;2*1H. The van der Waals surface area contributed by atoms with Gasteiger partial charge in [-0.15, -0.1) is 24.8 Å². The summed E-state index contributed by atoms with van der Waals surface area (Å²) in [4.78, 5) is 2.11. The maximum absolute atomic E-state index is 4.33. The molecule has 124 valence electrons. The highest BCUT2D eigenvalue weighted by molar-refractivity contribution is 5.85. The molecule has 1 heterocycles. The van der Waals surface area contributed by atoms with Crippen LogP contribution >= 0.6 is 24.8 Å². The second-order valence-electron chi connectivity index (χ2n) is 5.21. The van der Waals surface area contributed by atoms with Crippen LogP contribution in [0.3, 0.4) is 0 Å². The number of halogens is 2. The van der Waals surface area contributed by atoms with Gasteiger partial charge in [-0.1, -0.05) is 19.1 Å². The van der Waals surface area contributed by atoms with Crippen LogP contribution in [-0.4, -0.2) is 23.9 Å². The van der Waals surface area contributed by atoms with Gasteiger partial charge >= 0.3 is 0 Å². The molecule has 0 bridgehead atoms. The molecule has 1 aromatic heterocycles. The Balaban J connectivity index is 0.00000220. The van der Waals surface area contributed by atoms with E-state index in [0.717, 1.165) is 26.1 Å². The van der Waals surface area contributed by atoms with Crippen LogP contribution in [0.4, 0.5) is 5.69 Å². The fourth-order valence-electron chi connectivity index (χ4n) is 2.17. The molecule has 0 saturated heterocycles. The van der Waals surface area contributed by atoms with E-state index in [9.17, 15) is 0 Å². The Kier molecular flexibility index (Phi) is 9.90. The Morgan fingerprint density at radius 2 is 1.73 bits per heavy atom. The highest BCUT2D eigenvalue weighted by Crippen LogP contribution is 2.12. The van der Waals surface area contributed by atoms with Crippen molar-refractivity contribution in [3.8, 4) is 0 Å². The topological polar surface area (TPSA) is 33.1 Å². The molecule has 0 aliphatic rings. The van der Waals surface area contributed by atoms with E-state index in [1.54, 1.807) is 0 Å². The summed E-state index contributed by atoms with van der Waals surface area (Å²) >= 11 is 0. The van der Waals surface area contributed by atoms with Crippen LogP contribution in [0.25, 0.3) is 0 Å². The summed E-state index contributed by atoms with van der Waals surface area (Å²) in [6, 6.07) is 10.7. The summed E-state index contributed by atoms with van der Waals surface area (Å²) in [6.45, 7) is 4.90. The van der Waals surface area contributed by atoms with Gasteiger partial charge < -0.3 is 10.2 Å². The minimum Gasteiger partial charge on any atom is -0.378 e. The SMILES string of the molecule is CCCn1nccc1CNCc1ccc(N(C)C)cc1.Cl.Cl. The summed E-state index contributed by atoms with van der Waals surface area (Å²) in [5.74, 6) is 0. The summed E-state index contributed by atoms with van der Waals surface area (Å²) in [7, 11) is 4.12. The van der Waals surface area contributed by atoms with E-state index >= 15 is 0 Å². The monoisotopic (exact) mass is 344 g/mol. The largest absolute Gasteiger partial charge is 0.378 e. The first kappa shape index (κ1) is 20.8. The quantitative estimate of drug-likeness (QED) is 0.834. The van der Waals surface area contributed by atoms with Crippen LogP contribution in [0.1, 0.15) is 24.6 Å². The van der Waals surface area contributed by atoms with Crippen molar-refractivity contribution in [3.63, 3.8) is 0 Å². The molecule has 1 N–H and O–H groups in total. The number of aryl methyl sites for hydroxylation is 1. The second kappa shape index (κ2) is 10.5. The average molecular weight is 345 g/mol. The fourth-order valence-corrected chi connectivity index (χ4v) is 2.17. The van der Waals surface area contributed by atoms with Crippen LogP contribution in [0.2, 0.25) is 0 Å². The van der Waals surface area contributed by atoms with E-state index < -0.39 is 0 Å². The third-order valence-corrected chi connectivity index (χ3v) is 3.33. The van der Waals surface area contributed by atoms with Crippen LogP contribution in [0.15, 0.2) is 36.5 Å². The van der Waals surface area contributed by atoms with Crippen molar-refractivity contribution in [1.29, 1.82) is 0 Å². The van der Waals surface area contributed by atoms with E-state index in [0.29, 0.717) is 0 Å². The molecule has 22 heavy (non-hydrogen) atoms. The minimum atomic E-state index is 0. The van der Waals surface area contributed by atoms with Gasteiger partial charge in [-0.2, -0.15) is 5.10 Å². The van der Waals surface area contributed by atoms with Gasteiger partial charge in [-0.05, 0) is 30.2 Å². The van der Waals surface area contributed by atoms with E-state index in [1.807, 2.05) is 6.20 Å². The first-order valence-corrected chi connectivity index (χ1v) is 7.18. The van der Waals surface area contributed by atoms with Crippen LogP contribution in [0, 0.1) is 0 Å². The second-order valence-corrected chi connectivity index (χ2v) is 5.21. The predicted octanol–water partition coefficient (Wildman–Crippen LogP) is 3.49. The van der Waals surface area contributed by atoms with Gasteiger partial charge in [0.15, 0.2) is 0 Å². The number of rotatable bonds is 7. The fraction of sp³-hybridized carbons (Fsp3) is 0.438. The minimum absolute atomic E-state index is 0. The number of aromatic nitrogens is 2. The van der Waals surface area contributed by atoms with Gasteiger partial charge in [-0.3, -0.25) is 4.68 Å². The molecule has 6 heteroatoms. The predicted molar refractivity (Wildman–Crippen MR) is 98.3 cm³/mol. The molecule has 0 aliphatic heterocycles. The zero-order valence-electron chi connectivity index (χ0n) is 13.5. The van der Waals surface area contributed by atoms with Gasteiger partial charge in [0.2, 0.25) is 0 Å². The van der Waals surface area contributed by atoms with Crippen LogP contribution in [-0.2, 0) is 19.6 Å². The third kappa shape index (κ3) is 5.87. The molecule has 0 fully saturated rings. The summed E-state index contributed by atoms with van der Waals surface area (Å²) in [5.41, 5.74) is 3.78. The lowest BCUT2D eigenvalue weighted by molar-refractivity contribution is 0.549. The Morgan fingerprint density at radius 1 is 1.05 bits per heavy atom. The van der Waals surface area contributed by atoms with Crippen molar-refractivity contribution in [2.75, 3.05) is 19.0 Å². The van der Waals surface area contributed by atoms with Crippen LogP contribution < -0.4 is 10.2 Å². The Bertz CT molecular complexity index is 523. The normalized spacial score (nSPS) is 9.77. The molecule has 4 nitrogen and oxygen atoms in total. The molecule has 0 amide bonds. The van der Waals surface area contributed by atoms with E-state index in [2.05, 4.69) is 71.3 Å². The lowest BCUT2D eigenvalue weighted by Gasteiger charge is -2.13. The maximum atomic E-state index is 4.33. The smallest absolute Gasteiger partial charge is 0.0522 e. The molecule has 2 aromatic rings. The lowest BCUT2D eigenvalue weighted by atomic mass is 10.2. The number of anilines is 1. The lowest BCUT2D eigenvalue weighted by Crippen LogP contribution is -2.16. The number of hydrogen-bond donors (Lipinski definition) is 1. The van der Waals surface area contributed by atoms with Gasteiger partial charge in [0.1, 0.15) is 0 Å². The van der Waals surface area contributed by atoms with Gasteiger partial charge in [0.25, 0.3) is 0 Å². The number of nitrogens with zero attached hydrogens (tertiary/aromatic N) is 3. The van der Waals surface area contributed by atoms with Crippen molar-refractivity contribution >= 4 is 30.5 Å². The average Bonchev–Trinajstić information content (AvgIpc) is 2.87. The van der Waals surface area contributed by atoms with Crippen LogP contribution in [0.5, 0.6) is 0 Å². The highest BCUT2D eigenvalue weighted by Gasteiger charge is 2.01. The molecule has 0 atom stereocenters. The van der Waals surface area contributed by atoms with Crippen molar-refractivity contribution < 1.29 is 0 Å². The summed E-state index contributed by atoms with van der Waals surface area (Å²) in [6.07, 6.45) is 2.99. The number of benzene rings is 1. The number of hydrogen-bond acceptors (Lipinski definition) is 3. The number of nitrogens with one attached hydrogen (secondary N) is 1. The molecular formula is C16H26Cl2N4. The molecule has 0 saturated carbocycles. The zero-order valence-corrected chi connectivity index (χ0v) is 15.1.